The third-order valence-electron chi connectivity index (χ3n) is 3.40. The third kappa shape index (κ3) is 3.58. The smallest absolute Gasteiger partial charge is 0.00682 e. The molecule has 2 fully saturated rings. The SMILES string of the molecule is CC1CCCN(CCCNC2CC2)C1. The normalized spacial score (nSPS) is 29.4. The molecule has 0 radical (unpaired) electrons. The van der Waals surface area contributed by atoms with Crippen molar-refractivity contribution in [3.8, 4) is 0 Å². The van der Waals surface area contributed by atoms with Gasteiger partial charge in [0, 0.05) is 12.6 Å². The minimum Gasteiger partial charge on any atom is -0.314 e. The van der Waals surface area contributed by atoms with Gasteiger partial charge in [-0.1, -0.05) is 6.92 Å². The van der Waals surface area contributed by atoms with Crippen molar-refractivity contribution in [1.29, 1.82) is 0 Å². The van der Waals surface area contributed by atoms with E-state index in [0.29, 0.717) is 0 Å². The fourth-order valence-corrected chi connectivity index (χ4v) is 2.39. The summed E-state index contributed by atoms with van der Waals surface area (Å²) in [6.45, 7) is 7.60. The van der Waals surface area contributed by atoms with Crippen LogP contribution in [-0.4, -0.2) is 37.1 Å². The van der Waals surface area contributed by atoms with Crippen molar-refractivity contribution in [2.45, 2.75) is 45.1 Å². The summed E-state index contributed by atoms with van der Waals surface area (Å²) < 4.78 is 0. The van der Waals surface area contributed by atoms with Gasteiger partial charge in [-0.25, -0.2) is 0 Å². The van der Waals surface area contributed by atoms with Crippen LogP contribution in [0.5, 0.6) is 0 Å². The third-order valence-corrected chi connectivity index (χ3v) is 3.40. The van der Waals surface area contributed by atoms with Gasteiger partial charge in [0.1, 0.15) is 0 Å². The molecule has 0 aromatic rings. The van der Waals surface area contributed by atoms with Gasteiger partial charge in [-0.3, -0.25) is 0 Å². The van der Waals surface area contributed by atoms with Gasteiger partial charge in [-0.05, 0) is 57.7 Å². The van der Waals surface area contributed by atoms with Gasteiger partial charge in [-0.2, -0.15) is 0 Å². The van der Waals surface area contributed by atoms with E-state index in [1.165, 1.54) is 58.3 Å². The molecule has 2 aliphatic rings. The quantitative estimate of drug-likeness (QED) is 0.675. The van der Waals surface area contributed by atoms with E-state index in [0.717, 1.165) is 12.0 Å². The summed E-state index contributed by atoms with van der Waals surface area (Å²) in [6, 6.07) is 0.885. The average Bonchev–Trinajstić information content (AvgIpc) is 2.96. The van der Waals surface area contributed by atoms with E-state index in [9.17, 15) is 0 Å². The maximum Gasteiger partial charge on any atom is 0.00682 e. The van der Waals surface area contributed by atoms with Crippen LogP contribution in [0.1, 0.15) is 39.0 Å². The number of nitrogens with zero attached hydrogens (tertiary/aromatic N) is 1. The highest BCUT2D eigenvalue weighted by molar-refractivity contribution is 4.80. The standard InChI is InChI=1S/C12H24N2/c1-11-4-2-8-14(10-11)9-3-7-13-12-5-6-12/h11-13H,2-10H2,1H3. The summed E-state index contributed by atoms with van der Waals surface area (Å²) >= 11 is 0. The molecule has 2 rings (SSSR count). The molecule has 1 heterocycles. The maximum absolute atomic E-state index is 3.58. The molecule has 0 spiro atoms. The zero-order valence-corrected chi connectivity index (χ0v) is 9.47. The maximum atomic E-state index is 3.58. The number of hydrogen-bond donors (Lipinski definition) is 1. The van der Waals surface area contributed by atoms with Crippen LogP contribution in [0.25, 0.3) is 0 Å². The lowest BCUT2D eigenvalue weighted by Gasteiger charge is -2.30. The van der Waals surface area contributed by atoms with Crippen molar-refractivity contribution >= 4 is 0 Å². The predicted octanol–water partition coefficient (Wildman–Crippen LogP) is 1.86. The molecular weight excluding hydrogens is 172 g/mol. The van der Waals surface area contributed by atoms with Crippen molar-refractivity contribution in [3.63, 3.8) is 0 Å². The van der Waals surface area contributed by atoms with Crippen LogP contribution in [0, 0.1) is 5.92 Å². The Balaban J connectivity index is 1.50. The lowest BCUT2D eigenvalue weighted by Crippen LogP contribution is -2.36. The highest BCUT2D eigenvalue weighted by Crippen LogP contribution is 2.18. The Labute approximate surface area is 88.1 Å². The number of piperidine rings is 1. The van der Waals surface area contributed by atoms with Crippen molar-refractivity contribution < 1.29 is 0 Å². The molecule has 1 N–H and O–H groups in total. The minimum atomic E-state index is 0.885. The second kappa shape index (κ2) is 5.13. The number of nitrogens with one attached hydrogen (secondary N) is 1. The van der Waals surface area contributed by atoms with Crippen molar-refractivity contribution in [2.24, 2.45) is 5.92 Å². The molecule has 0 aromatic heterocycles. The van der Waals surface area contributed by atoms with E-state index in [1.807, 2.05) is 0 Å². The zero-order chi connectivity index (χ0) is 9.80. The highest BCUT2D eigenvalue weighted by atomic mass is 15.1. The van der Waals surface area contributed by atoms with Crippen molar-refractivity contribution in [3.05, 3.63) is 0 Å². The average molecular weight is 196 g/mol. The molecule has 2 heteroatoms. The summed E-state index contributed by atoms with van der Waals surface area (Å²) in [7, 11) is 0. The van der Waals surface area contributed by atoms with Crippen LogP contribution in [0.4, 0.5) is 0 Å². The summed E-state index contributed by atoms with van der Waals surface area (Å²) in [5.41, 5.74) is 0. The molecule has 2 nitrogen and oxygen atoms in total. The Bertz CT molecular complexity index is 166. The van der Waals surface area contributed by atoms with Gasteiger partial charge in [-0.15, -0.1) is 0 Å². The monoisotopic (exact) mass is 196 g/mol. The molecule has 0 bridgehead atoms. The molecule has 82 valence electrons. The molecule has 1 saturated heterocycles. The Morgan fingerprint density at radius 2 is 2.14 bits per heavy atom. The molecule has 1 saturated carbocycles. The van der Waals surface area contributed by atoms with E-state index in [4.69, 9.17) is 0 Å². The van der Waals surface area contributed by atoms with Gasteiger partial charge < -0.3 is 10.2 Å². The first-order valence-corrected chi connectivity index (χ1v) is 6.30. The first kappa shape index (κ1) is 10.4. The fourth-order valence-electron chi connectivity index (χ4n) is 2.39. The van der Waals surface area contributed by atoms with Gasteiger partial charge >= 0.3 is 0 Å². The topological polar surface area (TPSA) is 15.3 Å². The molecular formula is C12H24N2. The Morgan fingerprint density at radius 3 is 2.86 bits per heavy atom. The summed E-state index contributed by atoms with van der Waals surface area (Å²) in [5.74, 6) is 0.931. The lowest BCUT2D eigenvalue weighted by molar-refractivity contribution is 0.182. The first-order chi connectivity index (χ1) is 6.84. The Hall–Kier alpha value is -0.0800. The second-order valence-corrected chi connectivity index (χ2v) is 5.13. The van der Waals surface area contributed by atoms with Crippen LogP contribution >= 0.6 is 0 Å². The number of hydrogen-bond acceptors (Lipinski definition) is 2. The van der Waals surface area contributed by atoms with Gasteiger partial charge in [0.25, 0.3) is 0 Å². The Morgan fingerprint density at radius 1 is 1.29 bits per heavy atom. The van der Waals surface area contributed by atoms with Crippen LogP contribution in [0.3, 0.4) is 0 Å². The van der Waals surface area contributed by atoms with Crippen LogP contribution < -0.4 is 5.32 Å². The number of likely N-dealkylation sites (tertiary alicyclic amines) is 1. The molecule has 14 heavy (non-hydrogen) atoms. The molecule has 1 aliphatic heterocycles. The van der Waals surface area contributed by atoms with Crippen LogP contribution in [-0.2, 0) is 0 Å². The predicted molar refractivity (Wildman–Crippen MR) is 60.5 cm³/mol. The molecule has 0 aromatic carbocycles. The summed E-state index contributed by atoms with van der Waals surface area (Å²) in [4.78, 5) is 2.64. The summed E-state index contributed by atoms with van der Waals surface area (Å²) in [6.07, 6.45) is 7.03. The highest BCUT2D eigenvalue weighted by Gasteiger charge is 2.20. The second-order valence-electron chi connectivity index (χ2n) is 5.13. The molecule has 1 atom stereocenters. The summed E-state index contributed by atoms with van der Waals surface area (Å²) in [5, 5.41) is 3.58. The minimum absolute atomic E-state index is 0.885. The molecule has 1 aliphatic carbocycles. The van der Waals surface area contributed by atoms with Gasteiger partial charge in [0.05, 0.1) is 0 Å². The lowest BCUT2D eigenvalue weighted by atomic mass is 10.0. The zero-order valence-electron chi connectivity index (χ0n) is 9.47. The van der Waals surface area contributed by atoms with E-state index in [2.05, 4.69) is 17.1 Å². The van der Waals surface area contributed by atoms with Crippen molar-refractivity contribution in [2.75, 3.05) is 26.2 Å². The van der Waals surface area contributed by atoms with E-state index >= 15 is 0 Å². The molecule has 0 amide bonds. The Kier molecular flexibility index (Phi) is 3.82. The largest absolute Gasteiger partial charge is 0.314 e. The van der Waals surface area contributed by atoms with Crippen LogP contribution in [0.15, 0.2) is 0 Å². The van der Waals surface area contributed by atoms with Gasteiger partial charge in [0.15, 0.2) is 0 Å². The van der Waals surface area contributed by atoms with Crippen molar-refractivity contribution in [1.82, 2.24) is 10.2 Å². The van der Waals surface area contributed by atoms with Crippen LogP contribution in [0.2, 0.25) is 0 Å². The van der Waals surface area contributed by atoms with E-state index < -0.39 is 0 Å². The first-order valence-electron chi connectivity index (χ1n) is 6.30. The molecule has 1 unspecified atom stereocenters. The van der Waals surface area contributed by atoms with Gasteiger partial charge in [0.2, 0.25) is 0 Å². The van der Waals surface area contributed by atoms with E-state index in [-0.39, 0.29) is 0 Å². The number of rotatable bonds is 5. The fraction of sp³-hybridized carbons (Fsp3) is 1.00. The van der Waals surface area contributed by atoms with E-state index in [1.54, 1.807) is 0 Å².